The molecule has 0 aliphatic carbocycles. The molecule has 0 atom stereocenters. The van der Waals surface area contributed by atoms with Crippen molar-refractivity contribution in [3.63, 3.8) is 0 Å². The number of nitriles is 1. The number of thiazole rings is 1. The number of thiocarbonyl (C=S) groups is 1. The van der Waals surface area contributed by atoms with Gasteiger partial charge in [0.2, 0.25) is 0 Å². The van der Waals surface area contributed by atoms with Crippen LogP contribution in [-0.4, -0.2) is 29.2 Å². The second-order valence-electron chi connectivity index (χ2n) is 5.47. The average molecular weight is 353 g/mol. The summed E-state index contributed by atoms with van der Waals surface area (Å²) >= 11 is 6.91. The Bertz CT molecular complexity index is 953. The Kier molecular flexibility index (Phi) is 4.47. The van der Waals surface area contributed by atoms with E-state index < -0.39 is 0 Å². The summed E-state index contributed by atoms with van der Waals surface area (Å²) in [4.78, 5) is 6.31. The Morgan fingerprint density at radius 1 is 1.21 bits per heavy atom. The fraction of sp³-hybridized carbons (Fsp3) is 0.167. The Morgan fingerprint density at radius 3 is 2.54 bits per heavy atom. The summed E-state index contributed by atoms with van der Waals surface area (Å²) in [5, 5.41) is 10.4. The lowest BCUT2D eigenvalue weighted by Gasteiger charge is -2.17. The third-order valence-corrected chi connectivity index (χ3v) is 4.94. The predicted octanol–water partition coefficient (Wildman–Crippen LogP) is 4.37. The predicted molar refractivity (Wildman–Crippen MR) is 101 cm³/mol. The maximum Gasteiger partial charge on any atom is 0.264 e. The lowest BCUT2D eigenvalue weighted by atomic mass is 10.0. The van der Waals surface area contributed by atoms with Gasteiger partial charge in [0, 0.05) is 19.7 Å². The third-order valence-electron chi connectivity index (χ3n) is 3.49. The largest absolute Gasteiger partial charge is 0.431 e. The Hall–Kier alpha value is -2.49. The highest BCUT2D eigenvalue weighted by atomic mass is 32.1. The number of aromatic nitrogens is 1. The van der Waals surface area contributed by atoms with Crippen LogP contribution in [0.1, 0.15) is 10.6 Å². The number of aryl methyl sites for hydroxylation is 1. The minimum atomic E-state index is 0.394. The van der Waals surface area contributed by atoms with Crippen LogP contribution in [0.15, 0.2) is 36.4 Å². The first kappa shape index (κ1) is 16.4. The van der Waals surface area contributed by atoms with Gasteiger partial charge in [-0.15, -0.1) is 11.3 Å². The van der Waals surface area contributed by atoms with E-state index in [1.807, 2.05) is 45.3 Å². The van der Waals surface area contributed by atoms with E-state index in [0.717, 1.165) is 26.4 Å². The summed E-state index contributed by atoms with van der Waals surface area (Å²) in [6, 6.07) is 13.4. The standard InChI is InChI=1S/C18H15N3OS2/c1-11-20-14-8-9-15(22-18(23)21(2)3)16(17(14)24-11)13-6-4-12(10-19)5-7-13/h4-9H,1-3H3. The highest BCUT2D eigenvalue weighted by Crippen LogP contribution is 2.40. The Morgan fingerprint density at radius 2 is 1.92 bits per heavy atom. The molecule has 0 radical (unpaired) electrons. The number of ether oxygens (including phenoxy) is 1. The van der Waals surface area contributed by atoms with Gasteiger partial charge in [-0.2, -0.15) is 5.26 Å². The SMILES string of the molecule is Cc1nc2ccc(OC(=S)N(C)C)c(-c3ccc(C#N)cc3)c2s1. The number of nitrogens with zero attached hydrogens (tertiary/aromatic N) is 3. The van der Waals surface area contributed by atoms with Gasteiger partial charge in [0.25, 0.3) is 5.17 Å². The molecule has 2 aromatic carbocycles. The third kappa shape index (κ3) is 3.09. The lowest BCUT2D eigenvalue weighted by Crippen LogP contribution is -2.25. The summed E-state index contributed by atoms with van der Waals surface area (Å²) < 4.78 is 6.96. The molecule has 0 unspecified atom stereocenters. The molecule has 0 spiro atoms. The Labute approximate surface area is 149 Å². The topological polar surface area (TPSA) is 49.1 Å². The van der Waals surface area contributed by atoms with Gasteiger partial charge in [-0.25, -0.2) is 4.98 Å². The number of hydrogen-bond acceptors (Lipinski definition) is 5. The van der Waals surface area contributed by atoms with Crippen molar-refractivity contribution in [2.24, 2.45) is 0 Å². The summed E-state index contributed by atoms with van der Waals surface area (Å²) in [6.45, 7) is 1.98. The van der Waals surface area contributed by atoms with Crippen LogP contribution < -0.4 is 4.74 Å². The van der Waals surface area contributed by atoms with Crippen LogP contribution in [0.5, 0.6) is 5.75 Å². The van der Waals surface area contributed by atoms with Crippen molar-refractivity contribution >= 4 is 38.9 Å². The first-order valence-electron chi connectivity index (χ1n) is 7.29. The van der Waals surface area contributed by atoms with Gasteiger partial charge in [0.1, 0.15) is 5.75 Å². The van der Waals surface area contributed by atoms with Crippen LogP contribution in [0.25, 0.3) is 21.3 Å². The molecule has 120 valence electrons. The molecule has 0 bridgehead atoms. The molecule has 0 amide bonds. The van der Waals surface area contributed by atoms with Gasteiger partial charge in [0.15, 0.2) is 0 Å². The fourth-order valence-electron chi connectivity index (χ4n) is 2.34. The van der Waals surface area contributed by atoms with Crippen LogP contribution in [0, 0.1) is 18.3 Å². The van der Waals surface area contributed by atoms with Gasteiger partial charge in [-0.05, 0) is 49.0 Å². The normalized spacial score (nSPS) is 10.4. The second kappa shape index (κ2) is 6.56. The van der Waals surface area contributed by atoms with Crippen LogP contribution >= 0.6 is 23.6 Å². The number of benzene rings is 2. The Balaban J connectivity index is 2.20. The van der Waals surface area contributed by atoms with E-state index in [1.165, 1.54) is 0 Å². The molecule has 4 nitrogen and oxygen atoms in total. The van der Waals surface area contributed by atoms with Crippen molar-refractivity contribution in [2.75, 3.05) is 14.1 Å². The van der Waals surface area contributed by atoms with E-state index in [4.69, 9.17) is 22.2 Å². The zero-order valence-electron chi connectivity index (χ0n) is 13.5. The molecule has 1 aromatic heterocycles. The molecule has 1 heterocycles. The van der Waals surface area contributed by atoms with Gasteiger partial charge in [0.05, 0.1) is 26.9 Å². The molecule has 3 rings (SSSR count). The van der Waals surface area contributed by atoms with E-state index in [1.54, 1.807) is 28.4 Å². The van der Waals surface area contributed by atoms with Crippen LogP contribution in [0.3, 0.4) is 0 Å². The van der Waals surface area contributed by atoms with Crippen LogP contribution in [-0.2, 0) is 0 Å². The highest BCUT2D eigenvalue weighted by Gasteiger charge is 2.16. The van der Waals surface area contributed by atoms with Crippen molar-refractivity contribution in [1.29, 1.82) is 5.26 Å². The van der Waals surface area contributed by atoms with E-state index >= 15 is 0 Å². The van der Waals surface area contributed by atoms with Crippen molar-refractivity contribution < 1.29 is 4.74 Å². The zero-order chi connectivity index (χ0) is 17.3. The van der Waals surface area contributed by atoms with Gasteiger partial charge in [-0.3, -0.25) is 0 Å². The van der Waals surface area contributed by atoms with Crippen molar-refractivity contribution in [3.8, 4) is 22.9 Å². The number of hydrogen-bond donors (Lipinski definition) is 0. The number of rotatable bonds is 2. The molecule has 0 fully saturated rings. The second-order valence-corrected chi connectivity index (χ2v) is 7.02. The first-order valence-corrected chi connectivity index (χ1v) is 8.52. The van der Waals surface area contributed by atoms with Crippen molar-refractivity contribution in [2.45, 2.75) is 6.92 Å². The van der Waals surface area contributed by atoms with Crippen LogP contribution in [0.4, 0.5) is 0 Å². The minimum absolute atomic E-state index is 0.394. The van der Waals surface area contributed by atoms with Crippen LogP contribution in [0.2, 0.25) is 0 Å². The minimum Gasteiger partial charge on any atom is -0.431 e. The molecule has 3 aromatic rings. The first-order chi connectivity index (χ1) is 11.5. The van der Waals surface area contributed by atoms with Crippen molar-refractivity contribution in [3.05, 3.63) is 47.0 Å². The van der Waals surface area contributed by atoms with E-state index in [2.05, 4.69) is 11.1 Å². The van der Waals surface area contributed by atoms with E-state index in [-0.39, 0.29) is 0 Å². The maximum atomic E-state index is 9.00. The summed E-state index contributed by atoms with van der Waals surface area (Å²) in [5.74, 6) is 0.689. The highest BCUT2D eigenvalue weighted by molar-refractivity contribution is 7.80. The quantitative estimate of drug-likeness (QED) is 0.640. The smallest absolute Gasteiger partial charge is 0.264 e. The maximum absolute atomic E-state index is 9.00. The average Bonchev–Trinajstić information content (AvgIpc) is 2.95. The van der Waals surface area contributed by atoms with Gasteiger partial charge < -0.3 is 9.64 Å². The van der Waals surface area contributed by atoms with Crippen molar-refractivity contribution in [1.82, 2.24) is 9.88 Å². The summed E-state index contributed by atoms with van der Waals surface area (Å²) in [5.41, 5.74) is 3.48. The molecule has 0 aliphatic heterocycles. The summed E-state index contributed by atoms with van der Waals surface area (Å²) in [6.07, 6.45) is 0. The monoisotopic (exact) mass is 353 g/mol. The van der Waals surface area contributed by atoms with Gasteiger partial charge in [-0.1, -0.05) is 12.1 Å². The summed E-state index contributed by atoms with van der Waals surface area (Å²) in [7, 11) is 3.69. The molecule has 6 heteroatoms. The van der Waals surface area contributed by atoms with E-state index in [9.17, 15) is 0 Å². The number of fused-ring (bicyclic) bond motifs is 1. The molecular weight excluding hydrogens is 338 g/mol. The zero-order valence-corrected chi connectivity index (χ0v) is 15.2. The fourth-order valence-corrected chi connectivity index (χ4v) is 3.41. The lowest BCUT2D eigenvalue weighted by molar-refractivity contribution is 0.451. The molecule has 0 saturated carbocycles. The van der Waals surface area contributed by atoms with E-state index in [0.29, 0.717) is 16.5 Å². The molecule has 24 heavy (non-hydrogen) atoms. The molecule has 0 aliphatic rings. The molecule has 0 N–H and O–H groups in total. The van der Waals surface area contributed by atoms with Gasteiger partial charge >= 0.3 is 0 Å². The molecule has 0 saturated heterocycles. The molecular formula is C18H15N3OS2.